The second kappa shape index (κ2) is 7.34. The van der Waals surface area contributed by atoms with Crippen LogP contribution in [-0.4, -0.2) is 41.5 Å². The lowest BCUT2D eigenvalue weighted by atomic mass is 9.77. The van der Waals surface area contributed by atoms with Crippen molar-refractivity contribution < 1.29 is 14.7 Å². The Morgan fingerprint density at radius 2 is 1.71 bits per heavy atom. The maximum absolute atomic E-state index is 12.4. The minimum atomic E-state index is -0.585. The van der Waals surface area contributed by atoms with Gasteiger partial charge in [-0.15, -0.1) is 0 Å². The van der Waals surface area contributed by atoms with Gasteiger partial charge in [0, 0.05) is 25.4 Å². The van der Waals surface area contributed by atoms with E-state index in [4.69, 9.17) is 0 Å². The summed E-state index contributed by atoms with van der Waals surface area (Å²) in [5, 5.41) is 12.3. The van der Waals surface area contributed by atoms with E-state index < -0.39 is 11.8 Å². The number of carbonyl (C=O) groups is 2. The molecule has 1 aromatic rings. The minimum absolute atomic E-state index is 0.0998. The molecule has 2 amide bonds. The lowest BCUT2D eigenvalue weighted by Crippen LogP contribution is -2.48. The molecule has 0 radical (unpaired) electrons. The van der Waals surface area contributed by atoms with Crippen molar-refractivity contribution in [3.63, 3.8) is 0 Å². The van der Waals surface area contributed by atoms with Crippen LogP contribution in [0.4, 0.5) is 5.69 Å². The highest BCUT2D eigenvalue weighted by molar-refractivity contribution is 6.39. The molecule has 1 heterocycles. The SMILES string of the molecule is CCC1(CO)CCN(C(=O)C(=O)Nc2c(C)cc(C)cc2C)CC1. The van der Waals surface area contributed by atoms with Gasteiger partial charge in [0.2, 0.25) is 0 Å². The Kier molecular flexibility index (Phi) is 5.65. The number of aliphatic hydroxyl groups is 1. The number of likely N-dealkylation sites (tertiary alicyclic amines) is 1. The van der Waals surface area contributed by atoms with Crippen molar-refractivity contribution >= 4 is 17.5 Å². The highest BCUT2D eigenvalue weighted by atomic mass is 16.3. The molecule has 132 valence electrons. The second-order valence-corrected chi connectivity index (χ2v) is 7.03. The minimum Gasteiger partial charge on any atom is -0.396 e. The fourth-order valence-corrected chi connectivity index (χ4v) is 3.50. The maximum Gasteiger partial charge on any atom is 0.313 e. The predicted octanol–water partition coefficient (Wildman–Crippen LogP) is 2.56. The molecule has 1 aliphatic heterocycles. The standard InChI is InChI=1S/C19H28N2O3/c1-5-19(12-22)6-8-21(9-7-19)18(24)17(23)20-16-14(3)10-13(2)11-15(16)4/h10-11,22H,5-9,12H2,1-4H3,(H,20,23). The molecule has 1 fully saturated rings. The van der Waals surface area contributed by atoms with Crippen molar-refractivity contribution in [2.45, 2.75) is 47.0 Å². The molecule has 2 N–H and O–H groups in total. The lowest BCUT2D eigenvalue weighted by molar-refractivity contribution is -0.145. The van der Waals surface area contributed by atoms with E-state index in [-0.39, 0.29) is 12.0 Å². The number of rotatable bonds is 3. The van der Waals surface area contributed by atoms with Crippen LogP contribution in [0.15, 0.2) is 12.1 Å². The summed E-state index contributed by atoms with van der Waals surface area (Å²) >= 11 is 0. The van der Waals surface area contributed by atoms with Crippen LogP contribution in [0.25, 0.3) is 0 Å². The fourth-order valence-electron chi connectivity index (χ4n) is 3.50. The average molecular weight is 332 g/mol. The summed E-state index contributed by atoms with van der Waals surface area (Å²) in [5.41, 5.74) is 3.66. The average Bonchev–Trinajstić information content (AvgIpc) is 2.57. The van der Waals surface area contributed by atoms with Gasteiger partial charge in [-0.05, 0) is 56.6 Å². The molecule has 1 aliphatic rings. The van der Waals surface area contributed by atoms with Crippen molar-refractivity contribution in [1.29, 1.82) is 0 Å². The molecular weight excluding hydrogens is 304 g/mol. The third-order valence-corrected chi connectivity index (χ3v) is 5.31. The number of carbonyl (C=O) groups excluding carboxylic acids is 2. The molecule has 0 aromatic heterocycles. The molecule has 5 heteroatoms. The van der Waals surface area contributed by atoms with Crippen LogP contribution >= 0.6 is 0 Å². The van der Waals surface area contributed by atoms with Crippen molar-refractivity contribution in [2.75, 3.05) is 25.0 Å². The number of benzene rings is 1. The highest BCUT2D eigenvalue weighted by Gasteiger charge is 2.35. The Balaban J connectivity index is 2.03. The molecule has 24 heavy (non-hydrogen) atoms. The van der Waals surface area contributed by atoms with Crippen LogP contribution in [0.3, 0.4) is 0 Å². The van der Waals surface area contributed by atoms with Crippen LogP contribution in [0.2, 0.25) is 0 Å². The fraction of sp³-hybridized carbons (Fsp3) is 0.579. The number of hydrogen-bond acceptors (Lipinski definition) is 3. The van der Waals surface area contributed by atoms with E-state index in [1.54, 1.807) is 4.90 Å². The van der Waals surface area contributed by atoms with Gasteiger partial charge in [0.05, 0.1) is 0 Å². The van der Waals surface area contributed by atoms with Gasteiger partial charge >= 0.3 is 11.8 Å². The van der Waals surface area contributed by atoms with Gasteiger partial charge in [-0.3, -0.25) is 9.59 Å². The Bertz CT molecular complexity index is 602. The molecule has 0 aliphatic carbocycles. The zero-order valence-corrected chi connectivity index (χ0v) is 15.1. The Morgan fingerprint density at radius 1 is 1.17 bits per heavy atom. The normalized spacial score (nSPS) is 16.8. The molecular formula is C19H28N2O3. The number of aliphatic hydroxyl groups excluding tert-OH is 1. The van der Waals surface area contributed by atoms with Crippen LogP contribution in [0.1, 0.15) is 42.9 Å². The lowest BCUT2D eigenvalue weighted by Gasteiger charge is -2.39. The first kappa shape index (κ1) is 18.5. The summed E-state index contributed by atoms with van der Waals surface area (Å²) in [4.78, 5) is 26.4. The molecule has 0 atom stereocenters. The number of nitrogens with one attached hydrogen (secondary N) is 1. The zero-order valence-electron chi connectivity index (χ0n) is 15.1. The third kappa shape index (κ3) is 3.78. The Labute approximate surface area is 144 Å². The quantitative estimate of drug-likeness (QED) is 0.836. The van der Waals surface area contributed by atoms with Gasteiger partial charge in [0.25, 0.3) is 0 Å². The van der Waals surface area contributed by atoms with Gasteiger partial charge in [-0.2, -0.15) is 0 Å². The van der Waals surface area contributed by atoms with E-state index in [9.17, 15) is 14.7 Å². The van der Waals surface area contributed by atoms with Crippen molar-refractivity contribution in [3.8, 4) is 0 Å². The first-order valence-electron chi connectivity index (χ1n) is 8.61. The predicted molar refractivity (Wildman–Crippen MR) is 94.9 cm³/mol. The van der Waals surface area contributed by atoms with E-state index in [0.717, 1.165) is 36.0 Å². The Hall–Kier alpha value is -1.88. The van der Waals surface area contributed by atoms with Crippen molar-refractivity contribution in [3.05, 3.63) is 28.8 Å². The van der Waals surface area contributed by atoms with E-state index in [1.807, 2.05) is 32.9 Å². The van der Waals surface area contributed by atoms with Crippen molar-refractivity contribution in [2.24, 2.45) is 5.41 Å². The van der Waals surface area contributed by atoms with Crippen molar-refractivity contribution in [1.82, 2.24) is 4.90 Å². The molecule has 5 nitrogen and oxygen atoms in total. The molecule has 2 rings (SSSR count). The van der Waals surface area contributed by atoms with E-state index in [1.165, 1.54) is 0 Å². The second-order valence-electron chi connectivity index (χ2n) is 7.03. The molecule has 0 unspecified atom stereocenters. The first-order chi connectivity index (χ1) is 11.3. The van der Waals surface area contributed by atoms with Crippen LogP contribution in [0, 0.1) is 26.2 Å². The number of hydrogen-bond donors (Lipinski definition) is 2. The van der Waals surface area contributed by atoms with Crippen LogP contribution < -0.4 is 5.32 Å². The highest BCUT2D eigenvalue weighted by Crippen LogP contribution is 2.34. The van der Waals surface area contributed by atoms with Gasteiger partial charge in [-0.1, -0.05) is 24.6 Å². The number of piperidine rings is 1. The summed E-state index contributed by atoms with van der Waals surface area (Å²) in [6.07, 6.45) is 2.36. The van der Waals surface area contributed by atoms with E-state index in [0.29, 0.717) is 18.8 Å². The molecule has 1 aromatic carbocycles. The molecule has 1 saturated heterocycles. The topological polar surface area (TPSA) is 69.6 Å². The smallest absolute Gasteiger partial charge is 0.313 e. The summed E-state index contributed by atoms with van der Waals surface area (Å²) in [7, 11) is 0. The monoisotopic (exact) mass is 332 g/mol. The molecule has 0 bridgehead atoms. The number of aryl methyl sites for hydroxylation is 3. The summed E-state index contributed by atoms with van der Waals surface area (Å²) in [5.74, 6) is -1.07. The number of amides is 2. The van der Waals surface area contributed by atoms with E-state index >= 15 is 0 Å². The van der Waals surface area contributed by atoms with Crippen LogP contribution in [-0.2, 0) is 9.59 Å². The molecule has 0 spiro atoms. The van der Waals surface area contributed by atoms with E-state index in [2.05, 4.69) is 12.2 Å². The summed E-state index contributed by atoms with van der Waals surface area (Å²) in [6, 6.07) is 3.98. The third-order valence-electron chi connectivity index (χ3n) is 5.31. The van der Waals surface area contributed by atoms with Gasteiger partial charge in [0.1, 0.15) is 0 Å². The largest absolute Gasteiger partial charge is 0.396 e. The van der Waals surface area contributed by atoms with Gasteiger partial charge in [-0.25, -0.2) is 0 Å². The Morgan fingerprint density at radius 3 is 2.17 bits per heavy atom. The maximum atomic E-state index is 12.4. The zero-order chi connectivity index (χ0) is 17.9. The van der Waals surface area contributed by atoms with Crippen LogP contribution in [0.5, 0.6) is 0 Å². The van der Waals surface area contributed by atoms with Gasteiger partial charge < -0.3 is 15.3 Å². The number of anilines is 1. The molecule has 0 saturated carbocycles. The first-order valence-corrected chi connectivity index (χ1v) is 8.61. The summed E-state index contributed by atoms with van der Waals surface area (Å²) in [6.45, 7) is 9.10. The number of nitrogens with zero attached hydrogens (tertiary/aromatic N) is 1. The summed E-state index contributed by atoms with van der Waals surface area (Å²) < 4.78 is 0. The van der Waals surface area contributed by atoms with Gasteiger partial charge in [0.15, 0.2) is 0 Å².